The third kappa shape index (κ3) is 3.88. The summed E-state index contributed by atoms with van der Waals surface area (Å²) >= 11 is 6.12. The lowest BCUT2D eigenvalue weighted by molar-refractivity contribution is 0.0927. The Kier molecular flexibility index (Phi) is 5.45. The highest BCUT2D eigenvalue weighted by Crippen LogP contribution is 2.31. The van der Waals surface area contributed by atoms with Crippen LogP contribution in [0.1, 0.15) is 50.4 Å². The monoisotopic (exact) mass is 309 g/mol. The van der Waals surface area contributed by atoms with Gasteiger partial charge in [-0.15, -0.1) is 0 Å². The Morgan fingerprint density at radius 2 is 2.19 bits per heavy atom. The van der Waals surface area contributed by atoms with Crippen LogP contribution in [0.5, 0.6) is 0 Å². The summed E-state index contributed by atoms with van der Waals surface area (Å²) in [5.41, 5.74) is 0.497. The van der Waals surface area contributed by atoms with Crippen LogP contribution in [-0.4, -0.2) is 23.5 Å². The molecule has 3 unspecified atom stereocenters. The number of halogens is 1. The fraction of sp³-hybridized carbons (Fsp3) is 0.625. The van der Waals surface area contributed by atoms with E-state index in [0.29, 0.717) is 28.2 Å². The Balaban J connectivity index is 2.07. The molecule has 116 valence electrons. The van der Waals surface area contributed by atoms with Crippen molar-refractivity contribution < 1.29 is 4.79 Å². The molecule has 1 saturated carbocycles. The summed E-state index contributed by atoms with van der Waals surface area (Å²) in [4.78, 5) is 16.6. The summed E-state index contributed by atoms with van der Waals surface area (Å²) in [7, 11) is 0. The van der Waals surface area contributed by atoms with Crippen molar-refractivity contribution in [3.63, 3.8) is 0 Å². The fourth-order valence-electron chi connectivity index (χ4n) is 2.78. The molecule has 0 aliphatic heterocycles. The van der Waals surface area contributed by atoms with Crippen molar-refractivity contribution in [2.45, 2.75) is 46.1 Å². The van der Waals surface area contributed by atoms with Crippen LogP contribution in [0.2, 0.25) is 5.02 Å². The third-order valence-electron chi connectivity index (χ3n) is 4.44. The lowest BCUT2D eigenvalue weighted by Gasteiger charge is -2.20. The van der Waals surface area contributed by atoms with Gasteiger partial charge >= 0.3 is 0 Å². The highest BCUT2D eigenvalue weighted by Gasteiger charge is 2.31. The second-order valence-electron chi connectivity index (χ2n) is 5.97. The molecule has 1 fully saturated rings. The van der Waals surface area contributed by atoms with Gasteiger partial charge in [-0.25, -0.2) is 4.98 Å². The van der Waals surface area contributed by atoms with Crippen molar-refractivity contribution in [1.82, 2.24) is 10.3 Å². The lowest BCUT2D eigenvalue weighted by Crippen LogP contribution is -2.37. The minimum absolute atomic E-state index is 0.104. The zero-order valence-corrected chi connectivity index (χ0v) is 13.7. The number of amides is 1. The average Bonchev–Trinajstić information content (AvgIpc) is 2.78. The second kappa shape index (κ2) is 7.12. The molecule has 1 heterocycles. The number of rotatable bonds is 5. The number of hydrogen-bond acceptors (Lipinski definition) is 3. The standard InChI is InChI=1S/C16H24ClN3O/c1-4-7-18-15-8-12(13(17)9-19-15)16(21)20-14-6-5-10(2)11(14)3/h8-11,14H,4-7H2,1-3H3,(H,18,19)(H,20,21). The molecule has 21 heavy (non-hydrogen) atoms. The van der Waals surface area contributed by atoms with Gasteiger partial charge < -0.3 is 10.6 Å². The molecule has 2 rings (SSSR count). The first-order chi connectivity index (χ1) is 10.0. The number of pyridine rings is 1. The average molecular weight is 310 g/mol. The summed E-state index contributed by atoms with van der Waals surface area (Å²) in [6.07, 6.45) is 4.75. The molecule has 0 radical (unpaired) electrons. The summed E-state index contributed by atoms with van der Waals surface area (Å²) in [6.45, 7) is 7.35. The summed E-state index contributed by atoms with van der Waals surface area (Å²) in [6, 6.07) is 1.97. The molecule has 1 aliphatic carbocycles. The Hall–Kier alpha value is -1.29. The van der Waals surface area contributed by atoms with Crippen LogP contribution in [-0.2, 0) is 0 Å². The molecule has 1 aromatic rings. The van der Waals surface area contributed by atoms with Gasteiger partial charge in [0.1, 0.15) is 5.82 Å². The predicted molar refractivity (Wildman–Crippen MR) is 86.8 cm³/mol. The van der Waals surface area contributed by atoms with Gasteiger partial charge in [-0.1, -0.05) is 32.4 Å². The van der Waals surface area contributed by atoms with E-state index in [2.05, 4.69) is 36.4 Å². The van der Waals surface area contributed by atoms with Crippen LogP contribution in [0.25, 0.3) is 0 Å². The predicted octanol–water partition coefficient (Wildman–Crippen LogP) is 3.72. The van der Waals surface area contributed by atoms with E-state index in [-0.39, 0.29) is 11.9 Å². The molecular weight excluding hydrogens is 286 g/mol. The molecule has 4 nitrogen and oxygen atoms in total. The van der Waals surface area contributed by atoms with E-state index in [0.717, 1.165) is 19.4 Å². The van der Waals surface area contributed by atoms with Crippen LogP contribution >= 0.6 is 11.6 Å². The largest absolute Gasteiger partial charge is 0.370 e. The molecule has 1 aliphatic rings. The van der Waals surface area contributed by atoms with Gasteiger partial charge in [0.2, 0.25) is 0 Å². The van der Waals surface area contributed by atoms with E-state index < -0.39 is 0 Å². The van der Waals surface area contributed by atoms with Gasteiger partial charge in [-0.05, 0) is 37.2 Å². The smallest absolute Gasteiger partial charge is 0.253 e. The zero-order valence-electron chi connectivity index (χ0n) is 12.9. The second-order valence-corrected chi connectivity index (χ2v) is 6.38. The Morgan fingerprint density at radius 3 is 2.81 bits per heavy atom. The summed E-state index contributed by atoms with van der Waals surface area (Å²) in [5, 5.41) is 6.69. The van der Waals surface area contributed by atoms with Gasteiger partial charge in [0.15, 0.2) is 0 Å². The first kappa shape index (κ1) is 16.1. The van der Waals surface area contributed by atoms with Crippen molar-refractivity contribution in [3.8, 4) is 0 Å². The van der Waals surface area contributed by atoms with E-state index in [1.807, 2.05) is 0 Å². The van der Waals surface area contributed by atoms with Gasteiger partial charge in [-0.3, -0.25) is 4.79 Å². The van der Waals surface area contributed by atoms with Crippen molar-refractivity contribution in [2.75, 3.05) is 11.9 Å². The van der Waals surface area contributed by atoms with Crippen LogP contribution in [0, 0.1) is 11.8 Å². The molecule has 0 bridgehead atoms. The van der Waals surface area contributed by atoms with Crippen LogP contribution < -0.4 is 10.6 Å². The number of anilines is 1. The van der Waals surface area contributed by atoms with Crippen molar-refractivity contribution in [3.05, 3.63) is 22.8 Å². The van der Waals surface area contributed by atoms with Gasteiger partial charge in [0, 0.05) is 18.8 Å². The Bertz CT molecular complexity index is 506. The van der Waals surface area contributed by atoms with Crippen molar-refractivity contribution in [1.29, 1.82) is 0 Å². The summed E-state index contributed by atoms with van der Waals surface area (Å²) in [5.74, 6) is 1.75. The van der Waals surface area contributed by atoms with Gasteiger partial charge in [0.25, 0.3) is 5.91 Å². The molecule has 5 heteroatoms. The lowest BCUT2D eigenvalue weighted by atomic mass is 9.97. The SMILES string of the molecule is CCCNc1cc(C(=O)NC2CCC(C)C2C)c(Cl)cn1. The van der Waals surface area contributed by atoms with E-state index in [1.165, 1.54) is 12.6 Å². The highest BCUT2D eigenvalue weighted by molar-refractivity contribution is 6.33. The van der Waals surface area contributed by atoms with E-state index in [1.54, 1.807) is 6.07 Å². The topological polar surface area (TPSA) is 54.0 Å². The number of aromatic nitrogens is 1. The van der Waals surface area contributed by atoms with Gasteiger partial charge in [-0.2, -0.15) is 0 Å². The maximum atomic E-state index is 12.4. The molecule has 0 saturated heterocycles. The van der Waals surface area contributed by atoms with Crippen LogP contribution in [0.4, 0.5) is 5.82 Å². The number of hydrogen-bond donors (Lipinski definition) is 2. The van der Waals surface area contributed by atoms with Crippen LogP contribution in [0.3, 0.4) is 0 Å². The third-order valence-corrected chi connectivity index (χ3v) is 4.74. The molecule has 3 atom stereocenters. The molecule has 1 aromatic heterocycles. The quantitative estimate of drug-likeness (QED) is 0.871. The molecule has 2 N–H and O–H groups in total. The number of nitrogens with zero attached hydrogens (tertiary/aromatic N) is 1. The van der Waals surface area contributed by atoms with E-state index >= 15 is 0 Å². The molecule has 0 spiro atoms. The molecule has 1 amide bonds. The minimum Gasteiger partial charge on any atom is -0.370 e. The normalized spacial score (nSPS) is 24.9. The Labute approximate surface area is 131 Å². The maximum Gasteiger partial charge on any atom is 0.253 e. The Morgan fingerprint density at radius 1 is 1.43 bits per heavy atom. The first-order valence-corrected chi connectivity index (χ1v) is 8.11. The number of carbonyl (C=O) groups excluding carboxylic acids is 1. The van der Waals surface area contributed by atoms with Crippen molar-refractivity contribution >= 4 is 23.3 Å². The molecular formula is C16H24ClN3O. The minimum atomic E-state index is -0.104. The van der Waals surface area contributed by atoms with Crippen LogP contribution in [0.15, 0.2) is 12.3 Å². The maximum absolute atomic E-state index is 12.4. The fourth-order valence-corrected chi connectivity index (χ4v) is 2.97. The van der Waals surface area contributed by atoms with E-state index in [9.17, 15) is 4.79 Å². The first-order valence-electron chi connectivity index (χ1n) is 7.73. The summed E-state index contributed by atoms with van der Waals surface area (Å²) < 4.78 is 0. The zero-order chi connectivity index (χ0) is 15.4. The van der Waals surface area contributed by atoms with Crippen molar-refractivity contribution in [2.24, 2.45) is 11.8 Å². The highest BCUT2D eigenvalue weighted by atomic mass is 35.5. The number of nitrogens with one attached hydrogen (secondary N) is 2. The molecule has 0 aromatic carbocycles. The number of carbonyl (C=O) groups is 1. The van der Waals surface area contributed by atoms with E-state index in [4.69, 9.17) is 11.6 Å². The van der Waals surface area contributed by atoms with Gasteiger partial charge in [0.05, 0.1) is 10.6 Å².